The Labute approximate surface area is 193 Å². The van der Waals surface area contributed by atoms with E-state index in [1.54, 1.807) is 30.6 Å². The summed E-state index contributed by atoms with van der Waals surface area (Å²) in [6.07, 6.45) is 14.9. The highest BCUT2D eigenvalue weighted by molar-refractivity contribution is 6.04. The van der Waals surface area contributed by atoms with Gasteiger partial charge in [0.25, 0.3) is 5.91 Å². The third-order valence-corrected chi connectivity index (χ3v) is 5.25. The Kier molecular flexibility index (Phi) is 8.24. The maximum Gasteiger partial charge on any atom is 0.272 e. The number of imidazole rings is 1. The summed E-state index contributed by atoms with van der Waals surface area (Å²) >= 11 is 0. The number of aliphatic imine (C=N–C) groups is 1. The van der Waals surface area contributed by atoms with Crippen LogP contribution in [0.5, 0.6) is 0 Å². The molecule has 0 radical (unpaired) electrons. The van der Waals surface area contributed by atoms with E-state index in [4.69, 9.17) is 11.1 Å². The number of rotatable bonds is 9. The van der Waals surface area contributed by atoms with Gasteiger partial charge < -0.3 is 21.0 Å². The van der Waals surface area contributed by atoms with Crippen molar-refractivity contribution in [2.45, 2.75) is 25.8 Å². The summed E-state index contributed by atoms with van der Waals surface area (Å²) in [5.74, 6) is 0.493. The maximum atomic E-state index is 13.5. The Bertz CT molecular complexity index is 1110. The summed E-state index contributed by atoms with van der Waals surface area (Å²) < 4.78 is 0. The molecule has 2 aromatic rings. The Balaban J connectivity index is 1.82. The molecule has 1 aliphatic rings. The average molecular weight is 444 g/mol. The van der Waals surface area contributed by atoms with Crippen molar-refractivity contribution in [1.29, 1.82) is 5.41 Å². The average Bonchev–Trinajstić information content (AvgIpc) is 3.48. The molecule has 0 spiro atoms. The number of amides is 1. The summed E-state index contributed by atoms with van der Waals surface area (Å²) in [4.78, 5) is 32.0. The summed E-state index contributed by atoms with van der Waals surface area (Å²) in [6, 6.07) is 5.50. The number of aromatic amines is 1. The minimum absolute atomic E-state index is 0.0456. The van der Waals surface area contributed by atoms with Crippen LogP contribution in [0.15, 0.2) is 71.5 Å². The van der Waals surface area contributed by atoms with Gasteiger partial charge in [0, 0.05) is 36.4 Å². The highest BCUT2D eigenvalue weighted by Crippen LogP contribution is 2.25. The molecule has 0 aliphatic carbocycles. The molecule has 0 saturated carbocycles. The molecule has 0 bridgehead atoms. The van der Waals surface area contributed by atoms with Crippen LogP contribution in [0.25, 0.3) is 17.5 Å². The van der Waals surface area contributed by atoms with Crippen LogP contribution in [-0.2, 0) is 0 Å². The zero-order valence-electron chi connectivity index (χ0n) is 18.7. The predicted octanol–water partition coefficient (Wildman–Crippen LogP) is 3.78. The lowest BCUT2D eigenvalue weighted by molar-refractivity contribution is 0.0737. The molecule has 1 aliphatic heterocycles. The molecule has 3 rings (SSSR count). The number of likely N-dealkylation sites (tertiary alicyclic amines) is 1. The first-order chi connectivity index (χ1) is 16.1. The van der Waals surface area contributed by atoms with E-state index in [-0.39, 0.29) is 11.9 Å². The normalized spacial score (nSPS) is 17.2. The van der Waals surface area contributed by atoms with Crippen molar-refractivity contribution in [3.05, 3.63) is 78.1 Å². The van der Waals surface area contributed by atoms with E-state index in [0.717, 1.165) is 19.1 Å². The molecule has 3 heterocycles. The minimum Gasteiger partial charge on any atom is -0.398 e. The molecule has 8 heteroatoms. The fourth-order valence-corrected chi connectivity index (χ4v) is 3.64. The van der Waals surface area contributed by atoms with Gasteiger partial charge in [-0.2, -0.15) is 0 Å². The summed E-state index contributed by atoms with van der Waals surface area (Å²) in [5, 5.41) is 7.57. The fraction of sp³-hybridized carbons (Fsp3) is 0.240. The molecule has 8 nitrogen and oxygen atoms in total. The van der Waals surface area contributed by atoms with Gasteiger partial charge in [-0.25, -0.2) is 4.98 Å². The van der Waals surface area contributed by atoms with Crippen LogP contribution in [0, 0.1) is 5.41 Å². The highest BCUT2D eigenvalue weighted by atomic mass is 16.2. The molecule has 0 aromatic carbocycles. The van der Waals surface area contributed by atoms with E-state index in [1.165, 1.54) is 0 Å². The molecule has 1 fully saturated rings. The number of nitrogens with one attached hydrogen (secondary N) is 2. The highest BCUT2D eigenvalue weighted by Gasteiger charge is 2.32. The zero-order valence-corrected chi connectivity index (χ0v) is 18.7. The van der Waals surface area contributed by atoms with E-state index in [9.17, 15) is 4.79 Å². The van der Waals surface area contributed by atoms with Crippen LogP contribution in [0.1, 0.15) is 36.1 Å². The van der Waals surface area contributed by atoms with Crippen LogP contribution < -0.4 is 5.73 Å². The van der Waals surface area contributed by atoms with E-state index >= 15 is 0 Å². The largest absolute Gasteiger partial charge is 0.398 e. The number of nitrogens with zero attached hydrogens (tertiary/aromatic N) is 4. The lowest BCUT2D eigenvalue weighted by Crippen LogP contribution is -2.37. The Morgan fingerprint density at radius 3 is 3.00 bits per heavy atom. The van der Waals surface area contributed by atoms with Crippen LogP contribution in [0.2, 0.25) is 0 Å². The fourth-order valence-electron chi connectivity index (χ4n) is 3.64. The van der Waals surface area contributed by atoms with Crippen LogP contribution in [0.3, 0.4) is 0 Å². The Morgan fingerprint density at radius 2 is 2.30 bits per heavy atom. The Morgan fingerprint density at radius 1 is 1.45 bits per heavy atom. The predicted molar refractivity (Wildman–Crippen MR) is 133 cm³/mol. The number of carbonyl (C=O) groups excluding carboxylic acids is 1. The second-order valence-electron chi connectivity index (χ2n) is 7.50. The number of aromatic nitrogens is 3. The van der Waals surface area contributed by atoms with Gasteiger partial charge in [-0.15, -0.1) is 0 Å². The van der Waals surface area contributed by atoms with Crippen molar-refractivity contribution in [3.8, 4) is 11.4 Å². The number of hydrogen-bond donors (Lipinski definition) is 3. The summed E-state index contributed by atoms with van der Waals surface area (Å²) in [7, 11) is 0. The van der Waals surface area contributed by atoms with Gasteiger partial charge in [0.2, 0.25) is 0 Å². The van der Waals surface area contributed by atoms with Crippen molar-refractivity contribution in [1.82, 2.24) is 19.9 Å². The number of hydrogen-bond acceptors (Lipinski definition) is 6. The molecule has 2 aromatic heterocycles. The van der Waals surface area contributed by atoms with Gasteiger partial charge in [-0.05, 0) is 44.1 Å². The maximum absolute atomic E-state index is 13.5. The molecule has 1 amide bonds. The molecular weight excluding hydrogens is 414 g/mol. The lowest BCUT2D eigenvalue weighted by Gasteiger charge is -2.23. The number of pyridine rings is 1. The molecular formula is C25H29N7O. The van der Waals surface area contributed by atoms with Gasteiger partial charge >= 0.3 is 0 Å². The molecule has 1 atom stereocenters. The third kappa shape index (κ3) is 5.79. The smallest absolute Gasteiger partial charge is 0.272 e. The van der Waals surface area contributed by atoms with Crippen molar-refractivity contribution in [2.75, 3.05) is 13.1 Å². The number of allylic oxidation sites excluding steroid dienone is 5. The summed E-state index contributed by atoms with van der Waals surface area (Å²) in [5.41, 5.74) is 8.52. The second kappa shape index (κ2) is 11.5. The molecule has 1 saturated heterocycles. The van der Waals surface area contributed by atoms with Crippen molar-refractivity contribution in [3.63, 3.8) is 0 Å². The molecule has 0 unspecified atom stereocenters. The quantitative estimate of drug-likeness (QED) is 0.403. The minimum atomic E-state index is -0.118. The SMILES string of the molecule is C=C/C=C\C(N)=C(/C=N)C=NC[C@@H]1CCCN1C(=O)c1[nH]c(/C=C\C)nc1-c1ccccn1. The lowest BCUT2D eigenvalue weighted by atomic mass is 10.2. The summed E-state index contributed by atoms with van der Waals surface area (Å²) in [6.45, 7) is 6.59. The van der Waals surface area contributed by atoms with Crippen molar-refractivity contribution in [2.24, 2.45) is 10.7 Å². The van der Waals surface area contributed by atoms with E-state index in [2.05, 4.69) is 26.5 Å². The number of carbonyl (C=O) groups is 1. The van der Waals surface area contributed by atoms with Gasteiger partial charge in [0.15, 0.2) is 0 Å². The molecule has 33 heavy (non-hydrogen) atoms. The second-order valence-corrected chi connectivity index (χ2v) is 7.50. The topological polar surface area (TPSA) is 124 Å². The van der Waals surface area contributed by atoms with Crippen molar-refractivity contribution < 1.29 is 4.79 Å². The van der Waals surface area contributed by atoms with E-state index in [0.29, 0.717) is 47.3 Å². The third-order valence-electron chi connectivity index (χ3n) is 5.25. The van der Waals surface area contributed by atoms with E-state index in [1.807, 2.05) is 42.2 Å². The monoisotopic (exact) mass is 443 g/mol. The van der Waals surface area contributed by atoms with Gasteiger partial charge in [0.1, 0.15) is 17.2 Å². The van der Waals surface area contributed by atoms with E-state index < -0.39 is 0 Å². The first-order valence-electron chi connectivity index (χ1n) is 10.8. The van der Waals surface area contributed by atoms with Gasteiger partial charge in [0.05, 0.1) is 18.3 Å². The first-order valence-corrected chi connectivity index (χ1v) is 10.8. The zero-order chi connectivity index (χ0) is 23.6. The number of H-pyrrole nitrogens is 1. The van der Waals surface area contributed by atoms with Gasteiger partial charge in [-0.1, -0.05) is 30.9 Å². The molecule has 4 N–H and O–H groups in total. The number of nitrogens with two attached hydrogens (primary N) is 1. The molecule has 170 valence electrons. The standard InChI is InChI=1S/C25H29N7O/c1-3-5-11-20(27)18(15-26)16-28-17-19-10-8-14-32(19)25(33)24-23(21-12-6-7-13-29-21)30-22(31-24)9-4-2/h3-7,9,11-13,15-16,19,26H,1,8,10,14,17,27H2,2H3,(H,30,31)/b9-4-,11-5-,20-18-,26-15?,28-16?/t19-/m0/s1. The van der Waals surface area contributed by atoms with Crippen LogP contribution in [0.4, 0.5) is 0 Å². The Hall–Kier alpha value is -4.07. The van der Waals surface area contributed by atoms with Crippen LogP contribution in [-0.4, -0.2) is 57.3 Å². The first kappa shape index (κ1) is 23.6. The van der Waals surface area contributed by atoms with Crippen molar-refractivity contribution >= 4 is 24.4 Å². The van der Waals surface area contributed by atoms with Crippen LogP contribution >= 0.6 is 0 Å². The van der Waals surface area contributed by atoms with Gasteiger partial charge in [-0.3, -0.25) is 14.8 Å².